The molecule has 0 aliphatic carbocycles. The third kappa shape index (κ3) is 5.76. The molecule has 1 aromatic heterocycles. The number of hydrogen-bond donors (Lipinski definition) is 0. The van der Waals surface area contributed by atoms with Crippen LogP contribution in [0.25, 0.3) is 0 Å². The predicted molar refractivity (Wildman–Crippen MR) is 110 cm³/mol. The first kappa shape index (κ1) is 21.5. The molecule has 0 aromatic carbocycles. The Morgan fingerprint density at radius 1 is 1.04 bits per heavy atom. The molecule has 25 heavy (non-hydrogen) atoms. The number of nitrogens with zero attached hydrogens (tertiary/aromatic N) is 3. The lowest BCUT2D eigenvalue weighted by atomic mass is 9.98. The van der Waals surface area contributed by atoms with E-state index in [4.69, 9.17) is 5.10 Å². The quantitative estimate of drug-likeness (QED) is 0.526. The second-order valence-electron chi connectivity index (χ2n) is 8.31. The second kappa shape index (κ2) is 9.26. The van der Waals surface area contributed by atoms with Gasteiger partial charge < -0.3 is 4.90 Å². The van der Waals surface area contributed by atoms with Crippen molar-refractivity contribution in [1.29, 1.82) is 0 Å². The van der Waals surface area contributed by atoms with Gasteiger partial charge in [-0.3, -0.25) is 0 Å². The summed E-state index contributed by atoms with van der Waals surface area (Å²) in [6.45, 7) is 20.9. The molecule has 0 spiro atoms. The molecule has 0 saturated carbocycles. The maximum Gasteiger partial charge on any atom is 0.111 e. The molecule has 0 aliphatic rings. The van der Waals surface area contributed by atoms with Gasteiger partial charge in [-0.25, -0.2) is 4.68 Å². The Labute approximate surface area is 155 Å². The van der Waals surface area contributed by atoms with E-state index in [9.17, 15) is 0 Å². The monoisotopic (exact) mass is 345 g/mol. The number of aromatic nitrogens is 2. The molecule has 3 heteroatoms. The number of rotatable bonds is 8. The van der Waals surface area contributed by atoms with Gasteiger partial charge in [0.15, 0.2) is 0 Å². The molecule has 0 amide bonds. The second-order valence-corrected chi connectivity index (χ2v) is 8.31. The molecule has 3 nitrogen and oxygen atoms in total. The minimum Gasteiger partial charge on any atom is -0.358 e. The fraction of sp³-hybridized carbons (Fsp3) is 0.682. The zero-order valence-corrected chi connectivity index (χ0v) is 18.1. The smallest absolute Gasteiger partial charge is 0.111 e. The van der Waals surface area contributed by atoms with E-state index in [0.29, 0.717) is 23.7 Å². The average Bonchev–Trinajstić information content (AvgIpc) is 2.91. The molecule has 1 aromatic rings. The SMILES string of the molecule is C/C=C(\C=C(\C(C)C)N(C)Cn1nc(C(C)C)cc1C(C)C)C(C)C. The lowest BCUT2D eigenvalue weighted by Crippen LogP contribution is -2.26. The normalized spacial score (nSPS) is 13.7. The first-order valence-electron chi connectivity index (χ1n) is 9.74. The number of hydrogen-bond acceptors (Lipinski definition) is 2. The van der Waals surface area contributed by atoms with Crippen molar-refractivity contribution in [3.63, 3.8) is 0 Å². The van der Waals surface area contributed by atoms with Crippen molar-refractivity contribution in [2.24, 2.45) is 11.8 Å². The van der Waals surface area contributed by atoms with Gasteiger partial charge in [0.1, 0.15) is 6.67 Å². The van der Waals surface area contributed by atoms with E-state index in [-0.39, 0.29) is 0 Å². The fourth-order valence-corrected chi connectivity index (χ4v) is 3.07. The average molecular weight is 346 g/mol. The van der Waals surface area contributed by atoms with E-state index in [1.165, 1.54) is 22.7 Å². The van der Waals surface area contributed by atoms with Crippen LogP contribution in [0.5, 0.6) is 0 Å². The molecule has 1 heterocycles. The van der Waals surface area contributed by atoms with Crippen LogP contribution in [0.3, 0.4) is 0 Å². The number of allylic oxidation sites excluding steroid dienone is 4. The zero-order chi connectivity index (χ0) is 19.3. The van der Waals surface area contributed by atoms with Crippen LogP contribution in [0, 0.1) is 11.8 Å². The van der Waals surface area contributed by atoms with E-state index in [2.05, 4.69) is 97.2 Å². The minimum atomic E-state index is 0.458. The molecule has 0 bridgehead atoms. The molecule has 0 N–H and O–H groups in total. The van der Waals surface area contributed by atoms with Crippen LogP contribution >= 0.6 is 0 Å². The Morgan fingerprint density at radius 2 is 1.64 bits per heavy atom. The molecule has 1 rings (SSSR count). The Balaban J connectivity index is 3.17. The molecule has 142 valence electrons. The van der Waals surface area contributed by atoms with Crippen molar-refractivity contribution >= 4 is 0 Å². The standard InChI is InChI=1S/C22H39N3/c1-11-19(15(2)3)12-21(17(6)7)24(10)14-25-22(18(8)9)13-20(23-25)16(4)5/h11-13,15-18H,14H2,1-10H3/b19-11+,21-12-. The van der Waals surface area contributed by atoms with Crippen LogP contribution in [0.15, 0.2) is 29.5 Å². The summed E-state index contributed by atoms with van der Waals surface area (Å²) in [6, 6.07) is 2.27. The Kier molecular flexibility index (Phi) is 7.98. The summed E-state index contributed by atoms with van der Waals surface area (Å²) in [5, 5.41) is 4.88. The van der Waals surface area contributed by atoms with E-state index in [1.54, 1.807) is 0 Å². The van der Waals surface area contributed by atoms with E-state index < -0.39 is 0 Å². The molecule has 0 unspecified atom stereocenters. The first-order chi connectivity index (χ1) is 11.6. The molecular formula is C22H39N3. The fourth-order valence-electron chi connectivity index (χ4n) is 3.07. The van der Waals surface area contributed by atoms with Crippen molar-refractivity contribution in [1.82, 2.24) is 14.7 Å². The molecule has 0 aliphatic heterocycles. The van der Waals surface area contributed by atoms with E-state index in [1.807, 2.05) is 0 Å². The van der Waals surface area contributed by atoms with Crippen LogP contribution in [0.4, 0.5) is 0 Å². The highest BCUT2D eigenvalue weighted by Crippen LogP contribution is 2.24. The zero-order valence-electron chi connectivity index (χ0n) is 18.1. The summed E-state index contributed by atoms with van der Waals surface area (Å²) in [5.41, 5.74) is 5.25. The topological polar surface area (TPSA) is 21.1 Å². The molecule has 0 atom stereocenters. The van der Waals surface area contributed by atoms with Gasteiger partial charge in [0, 0.05) is 18.4 Å². The lowest BCUT2D eigenvalue weighted by molar-refractivity contribution is 0.281. The van der Waals surface area contributed by atoms with Gasteiger partial charge in [0.25, 0.3) is 0 Å². The summed E-state index contributed by atoms with van der Waals surface area (Å²) in [7, 11) is 2.18. The lowest BCUT2D eigenvalue weighted by Gasteiger charge is -2.27. The summed E-state index contributed by atoms with van der Waals surface area (Å²) in [5.74, 6) is 1.94. The predicted octanol–water partition coefficient (Wildman–Crippen LogP) is 6.16. The highest BCUT2D eigenvalue weighted by Gasteiger charge is 2.17. The van der Waals surface area contributed by atoms with Gasteiger partial charge in [-0.05, 0) is 48.3 Å². The Bertz CT molecular complexity index is 601. The molecule has 0 saturated heterocycles. The summed E-state index contributed by atoms with van der Waals surface area (Å²) < 4.78 is 2.18. The molecule has 0 radical (unpaired) electrons. The Morgan fingerprint density at radius 3 is 2.04 bits per heavy atom. The summed E-state index contributed by atoms with van der Waals surface area (Å²) in [6.07, 6.45) is 4.59. The maximum absolute atomic E-state index is 4.88. The van der Waals surface area contributed by atoms with E-state index in [0.717, 1.165) is 6.67 Å². The Hall–Kier alpha value is -1.51. The summed E-state index contributed by atoms with van der Waals surface area (Å²) >= 11 is 0. The highest BCUT2D eigenvalue weighted by molar-refractivity contribution is 5.25. The van der Waals surface area contributed by atoms with Crippen LogP contribution < -0.4 is 0 Å². The molecule has 0 fully saturated rings. The summed E-state index contributed by atoms with van der Waals surface area (Å²) in [4.78, 5) is 2.35. The van der Waals surface area contributed by atoms with Crippen LogP contribution in [-0.2, 0) is 6.67 Å². The van der Waals surface area contributed by atoms with Gasteiger partial charge in [-0.1, -0.05) is 61.5 Å². The highest BCUT2D eigenvalue weighted by atomic mass is 15.4. The van der Waals surface area contributed by atoms with Crippen molar-refractivity contribution in [3.05, 3.63) is 40.9 Å². The van der Waals surface area contributed by atoms with Gasteiger partial charge in [0.2, 0.25) is 0 Å². The van der Waals surface area contributed by atoms with Crippen LogP contribution in [0.2, 0.25) is 0 Å². The van der Waals surface area contributed by atoms with Crippen molar-refractivity contribution in [2.45, 2.75) is 80.8 Å². The first-order valence-corrected chi connectivity index (χ1v) is 9.74. The third-order valence-electron chi connectivity index (χ3n) is 4.71. The van der Waals surface area contributed by atoms with Gasteiger partial charge in [0.05, 0.1) is 5.69 Å². The van der Waals surface area contributed by atoms with Crippen molar-refractivity contribution < 1.29 is 0 Å². The van der Waals surface area contributed by atoms with Crippen LogP contribution in [0.1, 0.15) is 85.5 Å². The van der Waals surface area contributed by atoms with Gasteiger partial charge >= 0.3 is 0 Å². The van der Waals surface area contributed by atoms with Gasteiger partial charge in [-0.15, -0.1) is 0 Å². The molecular weight excluding hydrogens is 306 g/mol. The van der Waals surface area contributed by atoms with E-state index >= 15 is 0 Å². The largest absolute Gasteiger partial charge is 0.358 e. The minimum absolute atomic E-state index is 0.458. The van der Waals surface area contributed by atoms with Crippen molar-refractivity contribution in [3.8, 4) is 0 Å². The van der Waals surface area contributed by atoms with Gasteiger partial charge in [-0.2, -0.15) is 5.10 Å². The third-order valence-corrected chi connectivity index (χ3v) is 4.71. The van der Waals surface area contributed by atoms with Crippen LogP contribution in [-0.4, -0.2) is 21.7 Å². The maximum atomic E-state index is 4.88. The van der Waals surface area contributed by atoms with Crippen molar-refractivity contribution in [2.75, 3.05) is 7.05 Å².